The lowest BCUT2D eigenvalue weighted by molar-refractivity contribution is -0.119. The summed E-state index contributed by atoms with van der Waals surface area (Å²) in [6.45, 7) is 8.28. The Hall–Kier alpha value is -2.53. The van der Waals surface area contributed by atoms with E-state index in [0.717, 1.165) is 26.2 Å². The number of carbonyl (C=O) groups excluding carboxylic acids is 1. The molecule has 2 N–H and O–H groups in total. The molecule has 138 valence electrons. The molecule has 1 saturated heterocycles. The Labute approximate surface area is 155 Å². The second-order valence-electron chi connectivity index (χ2n) is 6.95. The Balaban J connectivity index is 1.61. The predicted octanol–water partition coefficient (Wildman–Crippen LogP) is 2.57. The molecule has 26 heavy (non-hydrogen) atoms. The number of piperazine rings is 1. The zero-order chi connectivity index (χ0) is 18.5. The lowest BCUT2D eigenvalue weighted by Crippen LogP contribution is -2.51. The molecule has 2 aromatic rings. The van der Waals surface area contributed by atoms with Crippen molar-refractivity contribution >= 4 is 11.6 Å². The van der Waals surface area contributed by atoms with Gasteiger partial charge in [-0.05, 0) is 43.2 Å². The molecule has 1 aliphatic heterocycles. The van der Waals surface area contributed by atoms with E-state index in [4.69, 9.17) is 10.5 Å². The summed E-state index contributed by atoms with van der Waals surface area (Å²) in [7, 11) is 0. The summed E-state index contributed by atoms with van der Waals surface area (Å²) >= 11 is 0. The molecular weight excluding hydrogens is 326 g/mol. The van der Waals surface area contributed by atoms with Crippen molar-refractivity contribution in [1.29, 1.82) is 0 Å². The largest absolute Gasteiger partial charge is 0.484 e. The molecule has 1 heterocycles. The smallest absolute Gasteiger partial charge is 0.255 e. The van der Waals surface area contributed by atoms with E-state index in [2.05, 4.69) is 54.0 Å². The third kappa shape index (κ3) is 4.55. The average molecular weight is 353 g/mol. The fourth-order valence-corrected chi connectivity index (χ4v) is 3.49. The first-order chi connectivity index (χ1) is 12.5. The molecule has 5 heteroatoms. The highest BCUT2D eigenvalue weighted by molar-refractivity contribution is 5.75. The Morgan fingerprint density at radius 2 is 2.00 bits per heavy atom. The number of rotatable bonds is 6. The van der Waals surface area contributed by atoms with Gasteiger partial charge in [-0.15, -0.1) is 0 Å². The van der Waals surface area contributed by atoms with Crippen molar-refractivity contribution in [1.82, 2.24) is 4.90 Å². The van der Waals surface area contributed by atoms with Gasteiger partial charge in [0.25, 0.3) is 5.91 Å². The summed E-state index contributed by atoms with van der Waals surface area (Å²) in [6, 6.07) is 16.9. The number of benzene rings is 2. The highest BCUT2D eigenvalue weighted by Crippen LogP contribution is 2.24. The van der Waals surface area contributed by atoms with Gasteiger partial charge in [0.05, 0.1) is 0 Å². The van der Waals surface area contributed by atoms with Gasteiger partial charge < -0.3 is 15.4 Å². The molecule has 1 amide bonds. The molecular formula is C21H27N3O2. The minimum Gasteiger partial charge on any atom is -0.484 e. The van der Waals surface area contributed by atoms with E-state index < -0.39 is 5.91 Å². The van der Waals surface area contributed by atoms with Crippen molar-refractivity contribution in [2.75, 3.05) is 31.1 Å². The van der Waals surface area contributed by atoms with E-state index in [0.29, 0.717) is 11.8 Å². The van der Waals surface area contributed by atoms with Crippen LogP contribution in [0.2, 0.25) is 0 Å². The fourth-order valence-electron chi connectivity index (χ4n) is 3.49. The number of nitrogens with two attached hydrogens (primary N) is 1. The first-order valence-electron chi connectivity index (χ1n) is 9.07. The van der Waals surface area contributed by atoms with Crippen LogP contribution in [0.3, 0.4) is 0 Å². The quantitative estimate of drug-likeness (QED) is 0.867. The Bertz CT molecular complexity index is 762. The molecule has 0 aliphatic carbocycles. The number of hydrogen-bond donors (Lipinski definition) is 1. The van der Waals surface area contributed by atoms with E-state index in [9.17, 15) is 4.79 Å². The van der Waals surface area contributed by atoms with E-state index >= 15 is 0 Å². The number of hydrogen-bond acceptors (Lipinski definition) is 4. The van der Waals surface area contributed by atoms with Crippen molar-refractivity contribution in [3.8, 4) is 5.75 Å². The van der Waals surface area contributed by atoms with Crippen molar-refractivity contribution in [2.24, 2.45) is 5.73 Å². The number of para-hydroxylation sites is 1. The van der Waals surface area contributed by atoms with Crippen LogP contribution in [0.1, 0.15) is 18.1 Å². The number of anilines is 1. The number of carbonyl (C=O) groups is 1. The average Bonchev–Trinajstić information content (AvgIpc) is 2.62. The van der Waals surface area contributed by atoms with E-state index in [1.54, 1.807) is 0 Å². The monoisotopic (exact) mass is 353 g/mol. The van der Waals surface area contributed by atoms with Gasteiger partial charge in [-0.2, -0.15) is 0 Å². The van der Waals surface area contributed by atoms with Gasteiger partial charge in [-0.25, -0.2) is 0 Å². The molecule has 5 nitrogen and oxygen atoms in total. The minimum absolute atomic E-state index is 0.0883. The lowest BCUT2D eigenvalue weighted by atomic mass is 10.1. The Morgan fingerprint density at radius 3 is 2.73 bits per heavy atom. The van der Waals surface area contributed by atoms with Crippen LogP contribution < -0.4 is 15.4 Å². The number of aryl methyl sites for hydroxylation is 1. The maximum atomic E-state index is 10.9. The van der Waals surface area contributed by atoms with Crippen LogP contribution in [-0.4, -0.2) is 43.1 Å². The third-order valence-corrected chi connectivity index (χ3v) is 4.89. The highest BCUT2D eigenvalue weighted by atomic mass is 16.5. The van der Waals surface area contributed by atoms with Gasteiger partial charge in [0, 0.05) is 37.9 Å². The van der Waals surface area contributed by atoms with Crippen LogP contribution in [0.5, 0.6) is 5.75 Å². The molecule has 2 aromatic carbocycles. The Morgan fingerprint density at radius 1 is 1.19 bits per heavy atom. The van der Waals surface area contributed by atoms with Gasteiger partial charge in [-0.3, -0.25) is 9.69 Å². The second-order valence-corrected chi connectivity index (χ2v) is 6.95. The van der Waals surface area contributed by atoms with Gasteiger partial charge in [-0.1, -0.05) is 30.3 Å². The van der Waals surface area contributed by atoms with Crippen LogP contribution in [0, 0.1) is 6.92 Å². The summed E-state index contributed by atoms with van der Waals surface area (Å²) in [4.78, 5) is 15.8. The van der Waals surface area contributed by atoms with Gasteiger partial charge in [0.1, 0.15) is 5.75 Å². The zero-order valence-electron chi connectivity index (χ0n) is 15.5. The molecule has 3 rings (SSSR count). The first-order valence-corrected chi connectivity index (χ1v) is 9.07. The van der Waals surface area contributed by atoms with Crippen LogP contribution in [-0.2, 0) is 11.3 Å². The second kappa shape index (κ2) is 8.23. The van der Waals surface area contributed by atoms with Gasteiger partial charge in [0.2, 0.25) is 0 Å². The third-order valence-electron chi connectivity index (χ3n) is 4.89. The molecule has 0 unspecified atom stereocenters. The SMILES string of the molecule is Cc1ccccc1N1CCN(Cc2cccc(OCC(N)=O)c2)[C@H](C)C1. The van der Waals surface area contributed by atoms with Crippen LogP contribution in [0.15, 0.2) is 48.5 Å². The summed E-state index contributed by atoms with van der Waals surface area (Å²) in [6.07, 6.45) is 0. The first kappa shape index (κ1) is 18.3. The molecule has 0 spiro atoms. The molecule has 0 saturated carbocycles. The standard InChI is InChI=1S/C21H27N3O2/c1-16-6-3-4-9-20(16)24-11-10-23(17(2)13-24)14-18-7-5-8-19(12-18)26-15-21(22)25/h3-9,12,17H,10-11,13-15H2,1-2H3,(H2,22,25)/t17-/m1/s1. The summed E-state index contributed by atoms with van der Waals surface area (Å²) in [5.74, 6) is 0.226. The molecule has 0 aromatic heterocycles. The predicted molar refractivity (Wildman–Crippen MR) is 104 cm³/mol. The summed E-state index contributed by atoms with van der Waals surface area (Å²) < 4.78 is 5.41. The molecule has 1 atom stereocenters. The van der Waals surface area contributed by atoms with Crippen LogP contribution in [0.4, 0.5) is 5.69 Å². The molecule has 1 fully saturated rings. The number of amides is 1. The van der Waals surface area contributed by atoms with E-state index in [1.807, 2.05) is 18.2 Å². The van der Waals surface area contributed by atoms with E-state index in [-0.39, 0.29) is 6.61 Å². The summed E-state index contributed by atoms with van der Waals surface area (Å²) in [5.41, 5.74) is 8.98. The maximum Gasteiger partial charge on any atom is 0.255 e. The van der Waals surface area contributed by atoms with Crippen LogP contribution in [0.25, 0.3) is 0 Å². The van der Waals surface area contributed by atoms with Gasteiger partial charge >= 0.3 is 0 Å². The normalized spacial score (nSPS) is 17.9. The minimum atomic E-state index is -0.462. The number of primary amides is 1. The Kier molecular flexibility index (Phi) is 5.78. The zero-order valence-corrected chi connectivity index (χ0v) is 15.5. The molecule has 1 aliphatic rings. The number of nitrogens with zero attached hydrogens (tertiary/aromatic N) is 2. The topological polar surface area (TPSA) is 58.8 Å². The fraction of sp³-hybridized carbons (Fsp3) is 0.381. The maximum absolute atomic E-state index is 10.9. The van der Waals surface area contributed by atoms with Crippen molar-refractivity contribution in [3.63, 3.8) is 0 Å². The van der Waals surface area contributed by atoms with Crippen molar-refractivity contribution in [3.05, 3.63) is 59.7 Å². The molecule has 0 bridgehead atoms. The summed E-state index contributed by atoms with van der Waals surface area (Å²) in [5, 5.41) is 0. The van der Waals surface area contributed by atoms with Crippen molar-refractivity contribution < 1.29 is 9.53 Å². The lowest BCUT2D eigenvalue weighted by Gasteiger charge is -2.41. The molecule has 0 radical (unpaired) electrons. The van der Waals surface area contributed by atoms with E-state index in [1.165, 1.54) is 16.8 Å². The number of ether oxygens (including phenoxy) is 1. The highest BCUT2D eigenvalue weighted by Gasteiger charge is 2.24. The van der Waals surface area contributed by atoms with Crippen LogP contribution >= 0.6 is 0 Å². The van der Waals surface area contributed by atoms with Gasteiger partial charge in [0.15, 0.2) is 6.61 Å². The van der Waals surface area contributed by atoms with Crippen molar-refractivity contribution in [2.45, 2.75) is 26.4 Å².